The van der Waals surface area contributed by atoms with Crippen LogP contribution in [0, 0.1) is 5.82 Å². The number of β-lactam (4-membered cyclic amide) rings is 1. The predicted molar refractivity (Wildman–Crippen MR) is 179 cm³/mol. The average molecular weight is 759 g/mol. The number of nitrogens with zero attached hydrogens (tertiary/aromatic N) is 8. The summed E-state index contributed by atoms with van der Waals surface area (Å²) >= 11 is 2.42. The molecule has 3 aliphatic rings. The van der Waals surface area contributed by atoms with Crippen LogP contribution < -0.4 is 26.6 Å². The van der Waals surface area contributed by atoms with Crippen molar-refractivity contribution in [3.63, 3.8) is 0 Å². The number of aromatic nitrogens is 5. The quantitative estimate of drug-likeness (QED) is 0.0437. The number of carboxylic acid groups (broad SMARTS) is 1. The van der Waals surface area contributed by atoms with Gasteiger partial charge in [0.25, 0.3) is 17.7 Å². The molecular formula is C30H33FN11O8S2-. The van der Waals surface area contributed by atoms with Gasteiger partial charge in [0, 0.05) is 29.5 Å². The molecule has 2 saturated heterocycles. The lowest BCUT2D eigenvalue weighted by atomic mass is 10.0. The Balaban J connectivity index is 1.19. The van der Waals surface area contributed by atoms with Crippen LogP contribution in [0.4, 0.5) is 9.52 Å². The Morgan fingerprint density at radius 1 is 1.27 bits per heavy atom. The summed E-state index contributed by atoms with van der Waals surface area (Å²) in [6.07, 6.45) is 1.83. The minimum atomic E-state index is -1.89. The molecule has 3 aromatic rings. The first-order valence-corrected chi connectivity index (χ1v) is 17.8. The summed E-state index contributed by atoms with van der Waals surface area (Å²) in [6.45, 7) is 5.01. The number of nitrogens with one attached hydrogen (secondary N) is 2. The number of aromatic hydroxyl groups is 2. The number of thioether (sulfide) groups is 1. The van der Waals surface area contributed by atoms with Gasteiger partial charge in [-0.3, -0.25) is 29.6 Å². The third-order valence-corrected chi connectivity index (χ3v) is 11.0. The third-order valence-electron chi connectivity index (χ3n) is 8.95. The van der Waals surface area contributed by atoms with Crippen LogP contribution in [-0.2, 0) is 19.2 Å². The van der Waals surface area contributed by atoms with Gasteiger partial charge in [-0.2, -0.15) is 5.21 Å². The number of amides is 3. The maximum Gasteiger partial charge on any atom is 0.276 e. The highest BCUT2D eigenvalue weighted by molar-refractivity contribution is 8.00. The van der Waals surface area contributed by atoms with Crippen molar-refractivity contribution < 1.29 is 48.2 Å². The zero-order valence-corrected chi connectivity index (χ0v) is 29.4. The van der Waals surface area contributed by atoms with Gasteiger partial charge in [-0.1, -0.05) is 5.16 Å². The number of carboxylic acids is 1. The second-order valence-corrected chi connectivity index (χ2v) is 14.8. The molecule has 0 radical (unpaired) electrons. The van der Waals surface area contributed by atoms with E-state index in [4.69, 9.17) is 10.6 Å². The van der Waals surface area contributed by atoms with Gasteiger partial charge >= 0.3 is 0 Å². The van der Waals surface area contributed by atoms with Crippen LogP contribution in [0.1, 0.15) is 48.6 Å². The molecular weight excluding hydrogens is 726 g/mol. The molecule has 276 valence electrons. The van der Waals surface area contributed by atoms with E-state index in [0.29, 0.717) is 29.0 Å². The van der Waals surface area contributed by atoms with Crippen molar-refractivity contribution in [3.8, 4) is 11.5 Å². The molecule has 0 unspecified atom stereocenters. The number of fused-ring (bicyclic) bond motifs is 1. The van der Waals surface area contributed by atoms with Crippen LogP contribution in [0.2, 0.25) is 0 Å². The van der Waals surface area contributed by atoms with E-state index in [2.05, 4.69) is 41.4 Å². The number of phenols is 2. The Morgan fingerprint density at radius 3 is 2.67 bits per heavy atom. The van der Waals surface area contributed by atoms with Gasteiger partial charge in [-0.15, -0.1) is 23.1 Å². The van der Waals surface area contributed by atoms with Crippen molar-refractivity contribution in [2.75, 3.05) is 44.2 Å². The second kappa shape index (κ2) is 14.3. The van der Waals surface area contributed by atoms with Crippen molar-refractivity contribution in [1.82, 2.24) is 41.1 Å². The van der Waals surface area contributed by atoms with Gasteiger partial charge in [-0.25, -0.2) is 9.37 Å². The van der Waals surface area contributed by atoms with E-state index < -0.39 is 69.3 Å². The number of nitrogen functional groups attached to an aromatic ring is 1. The fraction of sp³-hybridized carbons (Fsp3) is 0.433. The van der Waals surface area contributed by atoms with Gasteiger partial charge < -0.3 is 50.9 Å². The van der Waals surface area contributed by atoms with Gasteiger partial charge in [0.15, 0.2) is 33.8 Å². The minimum Gasteiger partial charge on any atom is -0.546 e. The van der Waals surface area contributed by atoms with E-state index in [1.165, 1.54) is 35.9 Å². The summed E-state index contributed by atoms with van der Waals surface area (Å²) in [5, 5.41) is 56.1. The van der Waals surface area contributed by atoms with Crippen molar-refractivity contribution >= 4 is 63.3 Å². The molecule has 3 amide bonds. The van der Waals surface area contributed by atoms with Gasteiger partial charge in [0.2, 0.25) is 0 Å². The highest BCUT2D eigenvalue weighted by atomic mass is 32.2. The number of halogens is 1. The fourth-order valence-electron chi connectivity index (χ4n) is 6.17. The lowest BCUT2D eigenvalue weighted by molar-refractivity contribution is -0.911. The summed E-state index contributed by atoms with van der Waals surface area (Å²) in [5.41, 5.74) is 4.33. The molecule has 22 heteroatoms. The number of thiazole rings is 1. The Morgan fingerprint density at radius 2 is 2.02 bits per heavy atom. The van der Waals surface area contributed by atoms with Gasteiger partial charge in [-0.05, 0) is 26.0 Å². The summed E-state index contributed by atoms with van der Waals surface area (Å²) in [4.78, 5) is 62.2. The van der Waals surface area contributed by atoms with Gasteiger partial charge in [0.1, 0.15) is 23.7 Å². The largest absolute Gasteiger partial charge is 0.546 e. The number of tetrazole rings is 1. The number of hydrogen-bond acceptors (Lipinski definition) is 16. The van der Waals surface area contributed by atoms with Crippen LogP contribution in [0.25, 0.3) is 5.70 Å². The molecule has 2 aromatic heterocycles. The van der Waals surface area contributed by atoms with E-state index in [-0.39, 0.29) is 23.2 Å². The molecule has 52 heavy (non-hydrogen) atoms. The maximum absolute atomic E-state index is 14.4. The number of hydrogen-bond donors (Lipinski definition) is 5. The SMILES string of the molecule is CC(C)(O/N=C(\C(=O)N[C@@H]1C(=O)N2C(c3nnn[n-]3)=C(C[N+]3(CCNC(=O)c4ccc(O)c(O)c4F)CCCC3)CS[C@H]12)c1csc(N)n1)C(=O)[O-]. The summed E-state index contributed by atoms with van der Waals surface area (Å²) in [7, 11) is 0. The number of benzene rings is 1. The molecule has 0 bridgehead atoms. The molecule has 3 aliphatic heterocycles. The number of phenolic OH excluding ortho intramolecular Hbond substituents is 2. The summed E-state index contributed by atoms with van der Waals surface area (Å²) < 4.78 is 15.0. The molecule has 1 aromatic carbocycles. The Hall–Kier alpha value is -5.35. The molecule has 0 spiro atoms. The lowest BCUT2D eigenvalue weighted by Gasteiger charge is -2.51. The van der Waals surface area contributed by atoms with Crippen LogP contribution in [0.15, 0.2) is 28.2 Å². The number of likely N-dealkylation sites (tertiary alicyclic amines) is 1. The van der Waals surface area contributed by atoms with E-state index in [0.717, 1.165) is 55.0 Å². The number of aliphatic carboxylic acids is 1. The smallest absolute Gasteiger partial charge is 0.276 e. The molecule has 0 aliphatic carbocycles. The van der Waals surface area contributed by atoms with E-state index in [9.17, 15) is 38.9 Å². The van der Waals surface area contributed by atoms with E-state index in [1.54, 1.807) is 0 Å². The number of rotatable bonds is 13. The number of anilines is 1. The highest BCUT2D eigenvalue weighted by Crippen LogP contribution is 2.44. The first kappa shape index (κ1) is 36.4. The van der Waals surface area contributed by atoms with Crippen LogP contribution in [0.5, 0.6) is 11.5 Å². The molecule has 5 heterocycles. The Bertz CT molecular complexity index is 1960. The molecule has 2 atom stereocenters. The number of oxime groups is 1. The second-order valence-electron chi connectivity index (χ2n) is 12.8. The molecule has 0 saturated carbocycles. The zero-order valence-electron chi connectivity index (χ0n) is 27.7. The van der Waals surface area contributed by atoms with Crippen molar-refractivity contribution in [2.24, 2.45) is 5.16 Å². The average Bonchev–Trinajstić information content (AvgIpc) is 3.90. The molecule has 2 fully saturated rings. The van der Waals surface area contributed by atoms with Crippen LogP contribution in [0.3, 0.4) is 0 Å². The normalized spacial score (nSPS) is 19.9. The van der Waals surface area contributed by atoms with E-state index >= 15 is 0 Å². The Labute approximate surface area is 302 Å². The molecule has 6 rings (SSSR count). The third kappa shape index (κ3) is 7.08. The maximum atomic E-state index is 14.4. The van der Waals surface area contributed by atoms with Gasteiger partial charge in [0.05, 0.1) is 49.2 Å². The van der Waals surface area contributed by atoms with Crippen molar-refractivity contribution in [1.29, 1.82) is 0 Å². The van der Waals surface area contributed by atoms with Crippen LogP contribution in [-0.4, -0.2) is 125 Å². The van der Waals surface area contributed by atoms with Crippen LogP contribution >= 0.6 is 23.1 Å². The first-order valence-electron chi connectivity index (χ1n) is 15.9. The summed E-state index contributed by atoms with van der Waals surface area (Å²) in [5.74, 6) is -6.00. The lowest BCUT2D eigenvalue weighted by Crippen LogP contribution is -2.70. The number of carbonyl (C=O) groups excluding carboxylic acids is 4. The summed E-state index contributed by atoms with van der Waals surface area (Å²) in [6, 6.07) is 1.10. The number of carbonyl (C=O) groups is 4. The zero-order chi connectivity index (χ0) is 37.4. The minimum absolute atomic E-state index is 0.0152. The number of quaternary nitrogens is 1. The highest BCUT2D eigenvalue weighted by Gasteiger charge is 2.54. The molecule has 6 N–H and O–H groups in total. The molecule has 19 nitrogen and oxygen atoms in total. The first-order chi connectivity index (χ1) is 24.7. The van der Waals surface area contributed by atoms with E-state index in [1.807, 2.05) is 0 Å². The standard InChI is InChI=1S/C30H34FN11O8S2/c1-30(2,28(48)49)50-38-19(16-13-52-29(32)34-16)25(46)35-20-26(47)41-21(23-36-39-40-37-23)14(12-51-27(20)41)11-42(8-3-4-9-42)10-7-33-24(45)15-5-6-17(43)22(44)18(15)31/h5-6,13,20,27H,3-4,7-12H2,1-2H3,(H7-,32,33,34,35,36,37,38,39,40,43,44,45,46,48,49)/p-1/t20-,27-/m1/s1. The van der Waals surface area contributed by atoms with Crippen molar-refractivity contribution in [2.45, 2.75) is 43.7 Å². The topological polar surface area (TPSA) is 272 Å². The fourth-order valence-corrected chi connectivity index (χ4v) is 8.05. The Kier molecular flexibility index (Phi) is 10.1. The monoisotopic (exact) mass is 758 g/mol. The van der Waals surface area contributed by atoms with Crippen molar-refractivity contribution in [3.05, 3.63) is 46.0 Å². The number of nitrogens with two attached hydrogens (primary N) is 1. The predicted octanol–water partition coefficient (Wildman–Crippen LogP) is -1.48.